The molecule has 10 heteroatoms. The molecule has 1 aromatic carbocycles. The molecule has 1 atom stereocenters. The van der Waals surface area contributed by atoms with Gasteiger partial charge in [0.25, 0.3) is 5.91 Å². The number of hydrogen-bond acceptors (Lipinski definition) is 8. The predicted octanol–water partition coefficient (Wildman–Crippen LogP) is 3.13. The second-order valence-corrected chi connectivity index (χ2v) is 8.64. The van der Waals surface area contributed by atoms with E-state index in [-0.39, 0.29) is 24.4 Å². The van der Waals surface area contributed by atoms with Crippen LogP contribution in [0.3, 0.4) is 0 Å². The van der Waals surface area contributed by atoms with Crippen molar-refractivity contribution in [2.45, 2.75) is 32.3 Å². The van der Waals surface area contributed by atoms with Gasteiger partial charge in [-0.1, -0.05) is 0 Å². The highest BCUT2D eigenvalue weighted by molar-refractivity contribution is 7.20. The fourth-order valence-electron chi connectivity index (χ4n) is 3.67. The maximum Gasteiger partial charge on any atom is 0.261 e. The summed E-state index contributed by atoms with van der Waals surface area (Å²) in [5, 5.41) is 19.0. The van der Waals surface area contributed by atoms with E-state index in [2.05, 4.69) is 25.9 Å². The summed E-state index contributed by atoms with van der Waals surface area (Å²) in [4.78, 5) is 22.5. The zero-order chi connectivity index (χ0) is 22.5. The lowest BCUT2D eigenvalue weighted by atomic mass is 10.1. The molecule has 1 aliphatic rings. The molecule has 0 spiro atoms. The minimum absolute atomic E-state index is 0.0181. The van der Waals surface area contributed by atoms with Gasteiger partial charge in [-0.15, -0.1) is 11.3 Å². The number of fused-ring (bicyclic) bond motifs is 1. The maximum atomic E-state index is 14.0. The number of carbonyl (C=O) groups excluding carboxylic acids is 1. The topological polar surface area (TPSA) is 108 Å². The number of nitrogens with zero attached hydrogens (tertiary/aromatic N) is 2. The minimum Gasteiger partial charge on any atom is -0.487 e. The predicted molar refractivity (Wildman–Crippen MR) is 122 cm³/mol. The average Bonchev–Trinajstić information content (AvgIpc) is 3.14. The second-order valence-electron chi connectivity index (χ2n) is 7.64. The van der Waals surface area contributed by atoms with Gasteiger partial charge >= 0.3 is 0 Å². The Morgan fingerprint density at radius 3 is 3.06 bits per heavy atom. The van der Waals surface area contributed by atoms with Crippen molar-refractivity contribution in [2.75, 3.05) is 31.6 Å². The highest BCUT2D eigenvalue weighted by Crippen LogP contribution is 2.36. The number of rotatable bonds is 8. The van der Waals surface area contributed by atoms with Gasteiger partial charge in [0, 0.05) is 25.8 Å². The van der Waals surface area contributed by atoms with Gasteiger partial charge < -0.3 is 25.8 Å². The van der Waals surface area contributed by atoms with E-state index in [0.29, 0.717) is 46.5 Å². The van der Waals surface area contributed by atoms with Gasteiger partial charge in [-0.3, -0.25) is 4.79 Å². The molecule has 0 bridgehead atoms. The number of piperidine rings is 1. The van der Waals surface area contributed by atoms with Gasteiger partial charge in [0.1, 0.15) is 34.6 Å². The lowest BCUT2D eigenvalue weighted by Crippen LogP contribution is -2.37. The van der Waals surface area contributed by atoms with Gasteiger partial charge in [0.2, 0.25) is 0 Å². The van der Waals surface area contributed by atoms with Crippen molar-refractivity contribution < 1.29 is 19.0 Å². The van der Waals surface area contributed by atoms with Crippen LogP contribution in [0.1, 0.15) is 34.5 Å². The molecule has 32 heavy (non-hydrogen) atoms. The zero-order valence-corrected chi connectivity index (χ0v) is 18.6. The van der Waals surface area contributed by atoms with Crippen LogP contribution in [0.5, 0.6) is 5.75 Å². The number of nitrogens with one attached hydrogen (secondary N) is 3. The number of amides is 1. The summed E-state index contributed by atoms with van der Waals surface area (Å²) in [6.45, 7) is 3.94. The summed E-state index contributed by atoms with van der Waals surface area (Å²) >= 11 is 1.28. The summed E-state index contributed by atoms with van der Waals surface area (Å²) < 4.78 is 20.1. The molecular formula is C22H26FN5O3S. The van der Waals surface area contributed by atoms with Crippen LogP contribution in [-0.2, 0) is 0 Å². The van der Waals surface area contributed by atoms with E-state index in [0.717, 1.165) is 30.3 Å². The quantitative estimate of drug-likeness (QED) is 0.383. The van der Waals surface area contributed by atoms with Gasteiger partial charge in [0.05, 0.1) is 16.0 Å². The van der Waals surface area contributed by atoms with Crippen molar-refractivity contribution >= 4 is 39.0 Å². The minimum atomic E-state index is -0.379. The van der Waals surface area contributed by atoms with Gasteiger partial charge in [0.15, 0.2) is 0 Å². The molecule has 1 amide bonds. The van der Waals surface area contributed by atoms with Crippen LogP contribution < -0.4 is 20.7 Å². The Hall–Kier alpha value is -2.82. The molecule has 3 heterocycles. The Morgan fingerprint density at radius 1 is 1.41 bits per heavy atom. The molecule has 3 aromatic rings. The Kier molecular flexibility index (Phi) is 7.13. The van der Waals surface area contributed by atoms with Crippen molar-refractivity contribution in [3.63, 3.8) is 0 Å². The number of thiophene rings is 1. The molecule has 8 nitrogen and oxygen atoms in total. The molecular weight excluding hydrogens is 433 g/mol. The van der Waals surface area contributed by atoms with Crippen LogP contribution in [0.25, 0.3) is 10.2 Å². The summed E-state index contributed by atoms with van der Waals surface area (Å²) in [6.07, 6.45) is 3.80. The Labute approximate surface area is 189 Å². The molecule has 1 saturated heterocycles. The first-order valence-corrected chi connectivity index (χ1v) is 11.5. The lowest BCUT2D eigenvalue weighted by molar-refractivity contribution is 0.0954. The number of aromatic nitrogens is 2. The van der Waals surface area contributed by atoms with E-state index in [1.807, 2.05) is 6.92 Å². The van der Waals surface area contributed by atoms with E-state index in [1.54, 1.807) is 6.07 Å². The first-order chi connectivity index (χ1) is 15.6. The molecule has 4 N–H and O–H groups in total. The van der Waals surface area contributed by atoms with Gasteiger partial charge in [-0.2, -0.15) is 0 Å². The molecule has 4 rings (SSSR count). The number of carbonyl (C=O) groups is 1. The molecule has 0 saturated carbocycles. The molecule has 170 valence electrons. The summed E-state index contributed by atoms with van der Waals surface area (Å²) in [6, 6.07) is 4.36. The highest BCUT2D eigenvalue weighted by atomic mass is 32.1. The van der Waals surface area contributed by atoms with E-state index in [4.69, 9.17) is 9.84 Å². The van der Waals surface area contributed by atoms with E-state index < -0.39 is 0 Å². The van der Waals surface area contributed by atoms with Crippen molar-refractivity contribution in [1.82, 2.24) is 20.6 Å². The molecule has 2 aromatic heterocycles. The number of aliphatic hydroxyl groups is 1. The summed E-state index contributed by atoms with van der Waals surface area (Å²) in [5.41, 5.74) is 1.35. The van der Waals surface area contributed by atoms with Crippen LogP contribution in [-0.4, -0.2) is 53.3 Å². The number of benzene rings is 1. The third-order valence-corrected chi connectivity index (χ3v) is 6.49. The van der Waals surface area contributed by atoms with Crippen LogP contribution in [0, 0.1) is 12.7 Å². The van der Waals surface area contributed by atoms with Crippen molar-refractivity contribution in [1.29, 1.82) is 0 Å². The van der Waals surface area contributed by atoms with E-state index in [9.17, 15) is 9.18 Å². The standard InChI is InChI=1S/C22H26FN5O3S/c1-13-18-20(26-12-27-22(18)32-19(13)21(30)25-8-3-9-29)28-16-6-5-14(23)10-17(16)31-15-4-2-7-24-11-15/h5-6,10,12,15,24,29H,2-4,7-9,11H2,1H3,(H,25,30)(H,26,27,28). The average molecular weight is 460 g/mol. The monoisotopic (exact) mass is 459 g/mol. The largest absolute Gasteiger partial charge is 0.487 e. The number of aryl methyl sites for hydroxylation is 1. The van der Waals surface area contributed by atoms with E-state index >= 15 is 0 Å². The van der Waals surface area contributed by atoms with E-state index in [1.165, 1.54) is 29.8 Å². The number of ether oxygens (including phenoxy) is 1. The third kappa shape index (κ3) is 4.98. The molecule has 1 fully saturated rings. The lowest BCUT2D eigenvalue weighted by Gasteiger charge is -2.25. The Bertz CT molecular complexity index is 1100. The van der Waals surface area contributed by atoms with Crippen molar-refractivity contribution in [2.24, 2.45) is 0 Å². The smallest absolute Gasteiger partial charge is 0.261 e. The number of anilines is 2. The molecule has 0 aliphatic carbocycles. The highest BCUT2D eigenvalue weighted by Gasteiger charge is 2.21. The van der Waals surface area contributed by atoms with Gasteiger partial charge in [-0.05, 0) is 50.4 Å². The van der Waals surface area contributed by atoms with Crippen LogP contribution in [0.2, 0.25) is 0 Å². The first kappa shape index (κ1) is 22.4. The number of halogens is 1. The Morgan fingerprint density at radius 2 is 2.28 bits per heavy atom. The van der Waals surface area contributed by atoms with Crippen LogP contribution in [0.15, 0.2) is 24.5 Å². The molecule has 0 radical (unpaired) electrons. The summed E-state index contributed by atoms with van der Waals surface area (Å²) in [7, 11) is 0. The Balaban J connectivity index is 1.62. The van der Waals surface area contributed by atoms with Crippen molar-refractivity contribution in [3.05, 3.63) is 40.8 Å². The fraction of sp³-hybridized carbons (Fsp3) is 0.409. The van der Waals surface area contributed by atoms with Crippen molar-refractivity contribution in [3.8, 4) is 5.75 Å². The number of hydrogen-bond donors (Lipinski definition) is 4. The zero-order valence-electron chi connectivity index (χ0n) is 17.8. The molecule has 1 unspecified atom stereocenters. The first-order valence-electron chi connectivity index (χ1n) is 10.6. The maximum absolute atomic E-state index is 14.0. The fourth-order valence-corrected chi connectivity index (χ4v) is 4.73. The third-order valence-electron chi connectivity index (χ3n) is 5.30. The normalized spacial score (nSPS) is 16.2. The summed E-state index contributed by atoms with van der Waals surface area (Å²) in [5.74, 6) is 0.355. The second kappa shape index (κ2) is 10.2. The van der Waals surface area contributed by atoms with Crippen LogP contribution >= 0.6 is 11.3 Å². The SMILES string of the molecule is Cc1c(C(=O)NCCCO)sc2ncnc(Nc3ccc(F)cc3OC3CCCNC3)c12. The van der Waals surface area contributed by atoms with Gasteiger partial charge in [-0.25, -0.2) is 14.4 Å². The number of aliphatic hydroxyl groups excluding tert-OH is 1. The molecule has 1 aliphatic heterocycles. The van der Waals surface area contributed by atoms with Crippen LogP contribution in [0.4, 0.5) is 15.9 Å².